The summed E-state index contributed by atoms with van der Waals surface area (Å²) in [4.78, 5) is 3.40. The number of hydrogen-bond acceptors (Lipinski definition) is 2. The van der Waals surface area contributed by atoms with Gasteiger partial charge in [0.15, 0.2) is 9.84 Å². The molecule has 1 aliphatic heterocycles. The lowest BCUT2D eigenvalue weighted by molar-refractivity contribution is 0.471. The van der Waals surface area contributed by atoms with Crippen LogP contribution in [0.1, 0.15) is 6.42 Å². The standard InChI is InChI=1S/C4H12N2Si/c1-6-4-2-3-5-7-6/h5H,2-4,7H2,1H3. The molecule has 7 heavy (non-hydrogen) atoms. The van der Waals surface area contributed by atoms with Gasteiger partial charge in [0, 0.05) is 0 Å². The van der Waals surface area contributed by atoms with E-state index in [0.717, 1.165) is 0 Å². The smallest absolute Gasteiger partial charge is 0.170 e. The van der Waals surface area contributed by atoms with Crippen LogP contribution in [0.15, 0.2) is 0 Å². The van der Waals surface area contributed by atoms with Gasteiger partial charge in [0.05, 0.1) is 0 Å². The summed E-state index contributed by atoms with van der Waals surface area (Å²) in [6.45, 7) is 2.58. The highest BCUT2D eigenvalue weighted by atomic mass is 28.2. The van der Waals surface area contributed by atoms with Crippen molar-refractivity contribution in [1.82, 2.24) is 9.55 Å². The Morgan fingerprint density at radius 3 is 2.86 bits per heavy atom. The van der Waals surface area contributed by atoms with Gasteiger partial charge in [0.2, 0.25) is 0 Å². The summed E-state index contributed by atoms with van der Waals surface area (Å²) >= 11 is 0. The Kier molecular flexibility index (Phi) is 1.84. The second-order valence-corrected chi connectivity index (χ2v) is 3.99. The molecule has 0 aromatic carbocycles. The molecule has 1 heterocycles. The summed E-state index contributed by atoms with van der Waals surface area (Å²) in [5.74, 6) is 0. The molecule has 0 amide bonds. The van der Waals surface area contributed by atoms with Crippen molar-refractivity contribution in [3.8, 4) is 0 Å². The Balaban J connectivity index is 2.12. The summed E-state index contributed by atoms with van der Waals surface area (Å²) in [7, 11) is 2.21. The van der Waals surface area contributed by atoms with Crippen molar-refractivity contribution in [3.05, 3.63) is 0 Å². The van der Waals surface area contributed by atoms with Crippen LogP contribution in [0.2, 0.25) is 0 Å². The van der Waals surface area contributed by atoms with E-state index in [1.165, 1.54) is 19.5 Å². The molecule has 0 bridgehead atoms. The van der Waals surface area contributed by atoms with E-state index in [1.807, 2.05) is 0 Å². The fourth-order valence-corrected chi connectivity index (χ4v) is 1.99. The zero-order chi connectivity index (χ0) is 5.11. The Labute approximate surface area is 46.9 Å². The highest BCUT2D eigenvalue weighted by Gasteiger charge is 2.01. The zero-order valence-electron chi connectivity index (χ0n) is 4.78. The maximum Gasteiger partial charge on any atom is 0.170 e. The molecule has 1 N–H and O–H groups in total. The minimum Gasteiger partial charge on any atom is -0.330 e. The van der Waals surface area contributed by atoms with Crippen LogP contribution in [-0.4, -0.2) is 34.5 Å². The summed E-state index contributed by atoms with van der Waals surface area (Å²) in [5, 5.41) is 0. The molecule has 1 fully saturated rings. The SMILES string of the molecule is CN1CCCN[SiH2]1. The molecule has 1 saturated heterocycles. The van der Waals surface area contributed by atoms with Crippen LogP contribution in [0.4, 0.5) is 0 Å². The Morgan fingerprint density at radius 2 is 2.57 bits per heavy atom. The lowest BCUT2D eigenvalue weighted by atomic mass is 10.4. The fourth-order valence-electron chi connectivity index (χ4n) is 0.823. The van der Waals surface area contributed by atoms with Crippen molar-refractivity contribution in [3.63, 3.8) is 0 Å². The molecule has 3 heteroatoms. The van der Waals surface area contributed by atoms with E-state index in [4.69, 9.17) is 0 Å². The van der Waals surface area contributed by atoms with Gasteiger partial charge >= 0.3 is 0 Å². The highest BCUT2D eigenvalue weighted by molar-refractivity contribution is 6.28. The molecule has 0 aromatic rings. The topological polar surface area (TPSA) is 15.3 Å². The second kappa shape index (κ2) is 2.45. The highest BCUT2D eigenvalue weighted by Crippen LogP contribution is 1.86. The van der Waals surface area contributed by atoms with Crippen molar-refractivity contribution >= 4 is 9.84 Å². The van der Waals surface area contributed by atoms with Crippen LogP contribution in [0.5, 0.6) is 0 Å². The summed E-state index contributed by atoms with van der Waals surface area (Å²) in [5.41, 5.74) is 0. The van der Waals surface area contributed by atoms with Gasteiger partial charge in [-0.15, -0.1) is 0 Å². The van der Waals surface area contributed by atoms with E-state index >= 15 is 0 Å². The average Bonchev–Trinajstić information content (AvgIpc) is 1.69. The Morgan fingerprint density at radius 1 is 1.71 bits per heavy atom. The number of nitrogens with one attached hydrogen (secondary N) is 1. The molecule has 2 nitrogen and oxygen atoms in total. The average molecular weight is 116 g/mol. The minimum absolute atomic E-state index is 0.0162. The monoisotopic (exact) mass is 116 g/mol. The van der Waals surface area contributed by atoms with Gasteiger partial charge in [-0.3, -0.25) is 0 Å². The van der Waals surface area contributed by atoms with Crippen molar-refractivity contribution in [1.29, 1.82) is 0 Å². The summed E-state index contributed by atoms with van der Waals surface area (Å²) < 4.78 is 2.42. The molecule has 0 unspecified atom stereocenters. The van der Waals surface area contributed by atoms with Gasteiger partial charge in [-0.05, 0) is 26.6 Å². The fraction of sp³-hybridized carbons (Fsp3) is 1.00. The Hall–Kier alpha value is 0.137. The molecule has 0 aliphatic carbocycles. The first-order valence-electron chi connectivity index (χ1n) is 2.79. The van der Waals surface area contributed by atoms with Crippen LogP contribution in [0.3, 0.4) is 0 Å². The second-order valence-electron chi connectivity index (χ2n) is 2.09. The third-order valence-electron chi connectivity index (χ3n) is 1.28. The van der Waals surface area contributed by atoms with Crippen molar-refractivity contribution in [2.24, 2.45) is 0 Å². The van der Waals surface area contributed by atoms with E-state index in [2.05, 4.69) is 16.6 Å². The van der Waals surface area contributed by atoms with Gasteiger partial charge < -0.3 is 9.55 Å². The zero-order valence-corrected chi connectivity index (χ0v) is 6.19. The lowest BCUT2D eigenvalue weighted by Crippen LogP contribution is -2.42. The van der Waals surface area contributed by atoms with Crippen LogP contribution in [0.25, 0.3) is 0 Å². The van der Waals surface area contributed by atoms with Gasteiger partial charge in [-0.25, -0.2) is 0 Å². The van der Waals surface area contributed by atoms with Crippen LogP contribution in [-0.2, 0) is 0 Å². The van der Waals surface area contributed by atoms with Crippen LogP contribution in [0, 0.1) is 0 Å². The van der Waals surface area contributed by atoms with E-state index < -0.39 is 0 Å². The quantitative estimate of drug-likeness (QED) is 0.405. The third-order valence-corrected chi connectivity index (χ3v) is 2.71. The first kappa shape index (κ1) is 5.28. The number of nitrogens with zero attached hydrogens (tertiary/aromatic N) is 1. The van der Waals surface area contributed by atoms with Gasteiger partial charge in [-0.1, -0.05) is 0 Å². The normalized spacial score (nSPS) is 28.7. The van der Waals surface area contributed by atoms with Gasteiger partial charge in [-0.2, -0.15) is 0 Å². The van der Waals surface area contributed by atoms with Crippen molar-refractivity contribution in [2.45, 2.75) is 6.42 Å². The largest absolute Gasteiger partial charge is 0.330 e. The van der Waals surface area contributed by atoms with E-state index in [9.17, 15) is 0 Å². The third kappa shape index (κ3) is 1.59. The van der Waals surface area contributed by atoms with E-state index in [-0.39, 0.29) is 9.84 Å². The van der Waals surface area contributed by atoms with E-state index in [1.54, 1.807) is 0 Å². The summed E-state index contributed by atoms with van der Waals surface area (Å²) in [6.07, 6.45) is 1.34. The molecule has 1 rings (SSSR count). The first-order chi connectivity index (χ1) is 3.39. The number of hydrogen-bond donors (Lipinski definition) is 1. The molecular formula is C4H12N2Si. The van der Waals surface area contributed by atoms with Crippen LogP contribution < -0.4 is 4.98 Å². The van der Waals surface area contributed by atoms with Gasteiger partial charge in [0.25, 0.3) is 0 Å². The van der Waals surface area contributed by atoms with Gasteiger partial charge in [0.1, 0.15) is 0 Å². The van der Waals surface area contributed by atoms with E-state index in [0.29, 0.717) is 0 Å². The van der Waals surface area contributed by atoms with Crippen molar-refractivity contribution in [2.75, 3.05) is 20.1 Å². The molecular weight excluding hydrogens is 104 g/mol. The number of rotatable bonds is 0. The molecule has 0 radical (unpaired) electrons. The molecule has 42 valence electrons. The minimum atomic E-state index is 0.0162. The molecule has 0 saturated carbocycles. The first-order valence-corrected chi connectivity index (χ1v) is 4.13. The predicted molar refractivity (Wildman–Crippen MR) is 33.8 cm³/mol. The van der Waals surface area contributed by atoms with Crippen molar-refractivity contribution < 1.29 is 0 Å². The lowest BCUT2D eigenvalue weighted by Gasteiger charge is -2.21. The summed E-state index contributed by atoms with van der Waals surface area (Å²) in [6, 6.07) is 0. The predicted octanol–water partition coefficient (Wildman–Crippen LogP) is -1.09. The Bertz CT molecular complexity index is 51.7. The van der Waals surface area contributed by atoms with Crippen LogP contribution >= 0.6 is 0 Å². The molecule has 0 aromatic heterocycles. The molecule has 0 atom stereocenters. The molecule has 1 aliphatic rings. The maximum absolute atomic E-state index is 3.40. The maximum atomic E-state index is 3.40. The molecule has 0 spiro atoms.